The fourth-order valence-electron chi connectivity index (χ4n) is 2.36. The molecule has 3 rings (SSSR count). The molecule has 0 unspecified atom stereocenters. The zero-order valence-corrected chi connectivity index (χ0v) is 12.2. The zero-order chi connectivity index (χ0) is 13.4. The van der Waals surface area contributed by atoms with Crippen molar-refractivity contribution in [1.29, 1.82) is 0 Å². The fraction of sp³-hybridized carbons (Fsp3) is 0.571. The van der Waals surface area contributed by atoms with Gasteiger partial charge in [-0.1, -0.05) is 13.8 Å². The van der Waals surface area contributed by atoms with E-state index in [9.17, 15) is 4.79 Å². The molecule has 0 amide bonds. The third-order valence-electron chi connectivity index (χ3n) is 3.60. The molecule has 2 heterocycles. The molecule has 0 aliphatic heterocycles. The summed E-state index contributed by atoms with van der Waals surface area (Å²) in [5.74, 6) is 1.55. The second-order valence-electron chi connectivity index (χ2n) is 5.60. The van der Waals surface area contributed by atoms with Gasteiger partial charge >= 0.3 is 0 Å². The number of aldehydes is 1. The van der Waals surface area contributed by atoms with Gasteiger partial charge in [-0.15, -0.1) is 11.3 Å². The number of imidazole rings is 1. The number of fused-ring (bicyclic) bond motifs is 1. The Balaban J connectivity index is 1.94. The van der Waals surface area contributed by atoms with Crippen molar-refractivity contribution in [3.8, 4) is 0 Å². The Labute approximate surface area is 117 Å². The Morgan fingerprint density at radius 2 is 2.37 bits per heavy atom. The summed E-state index contributed by atoms with van der Waals surface area (Å²) in [6, 6.07) is 0.585. The first-order valence-electron chi connectivity index (χ1n) is 6.88. The van der Waals surface area contributed by atoms with Gasteiger partial charge in [0.05, 0.1) is 0 Å². The third-order valence-corrected chi connectivity index (χ3v) is 4.35. The van der Waals surface area contributed by atoms with Crippen molar-refractivity contribution < 1.29 is 4.79 Å². The van der Waals surface area contributed by atoms with Gasteiger partial charge in [0.2, 0.25) is 0 Å². The number of rotatable bonds is 6. The van der Waals surface area contributed by atoms with Gasteiger partial charge in [0, 0.05) is 24.2 Å². The Kier molecular flexibility index (Phi) is 3.31. The largest absolute Gasteiger partial charge is 0.352 e. The first-order valence-corrected chi connectivity index (χ1v) is 7.76. The van der Waals surface area contributed by atoms with E-state index in [-0.39, 0.29) is 0 Å². The van der Waals surface area contributed by atoms with Gasteiger partial charge in [0.25, 0.3) is 0 Å². The SMILES string of the molecule is CC(C)CCN(c1nc2sccn2c1C=O)C1CC1. The second-order valence-corrected chi connectivity index (χ2v) is 6.47. The molecule has 0 aromatic carbocycles. The molecule has 1 aliphatic carbocycles. The van der Waals surface area contributed by atoms with Crippen LogP contribution >= 0.6 is 11.3 Å². The molecule has 1 fully saturated rings. The molecule has 102 valence electrons. The second kappa shape index (κ2) is 4.96. The highest BCUT2D eigenvalue weighted by Gasteiger charge is 2.32. The average Bonchev–Trinajstić information content (AvgIpc) is 2.99. The van der Waals surface area contributed by atoms with Crippen LogP contribution in [0.1, 0.15) is 43.6 Å². The Morgan fingerprint density at radius 3 is 3.00 bits per heavy atom. The van der Waals surface area contributed by atoms with Crippen LogP contribution in [0.4, 0.5) is 5.82 Å². The average molecular weight is 277 g/mol. The molecule has 0 N–H and O–H groups in total. The van der Waals surface area contributed by atoms with Crippen molar-refractivity contribution in [3.05, 3.63) is 17.3 Å². The third kappa shape index (κ3) is 2.39. The summed E-state index contributed by atoms with van der Waals surface area (Å²) in [5, 5.41) is 1.97. The van der Waals surface area contributed by atoms with Crippen LogP contribution in [-0.4, -0.2) is 28.3 Å². The van der Waals surface area contributed by atoms with E-state index >= 15 is 0 Å². The molecule has 0 saturated heterocycles. The lowest BCUT2D eigenvalue weighted by Crippen LogP contribution is -2.29. The summed E-state index contributed by atoms with van der Waals surface area (Å²) in [6.07, 6.45) is 6.45. The van der Waals surface area contributed by atoms with Gasteiger partial charge in [0.1, 0.15) is 5.69 Å². The number of anilines is 1. The van der Waals surface area contributed by atoms with Gasteiger partial charge in [0.15, 0.2) is 17.1 Å². The van der Waals surface area contributed by atoms with Crippen LogP contribution in [0.15, 0.2) is 11.6 Å². The molecule has 2 aromatic rings. The highest BCUT2D eigenvalue weighted by Crippen LogP contribution is 2.34. The maximum atomic E-state index is 11.4. The van der Waals surface area contributed by atoms with Crippen molar-refractivity contribution >= 4 is 28.4 Å². The molecule has 0 bridgehead atoms. The summed E-state index contributed by atoms with van der Waals surface area (Å²) >= 11 is 1.58. The summed E-state index contributed by atoms with van der Waals surface area (Å²) in [6.45, 7) is 5.46. The molecule has 0 atom stereocenters. The lowest BCUT2D eigenvalue weighted by Gasteiger charge is -2.23. The van der Waals surface area contributed by atoms with E-state index in [1.165, 1.54) is 12.8 Å². The number of carbonyl (C=O) groups excluding carboxylic acids is 1. The van der Waals surface area contributed by atoms with E-state index in [0.29, 0.717) is 17.7 Å². The van der Waals surface area contributed by atoms with Gasteiger partial charge in [-0.3, -0.25) is 9.20 Å². The lowest BCUT2D eigenvalue weighted by atomic mass is 10.1. The predicted octanol–water partition coefficient (Wildman–Crippen LogP) is 3.22. The Morgan fingerprint density at radius 1 is 1.58 bits per heavy atom. The quantitative estimate of drug-likeness (QED) is 0.761. The molecule has 19 heavy (non-hydrogen) atoms. The molecular formula is C14H19N3OS. The van der Waals surface area contributed by atoms with Crippen molar-refractivity contribution in [2.45, 2.75) is 39.2 Å². The molecule has 1 aliphatic rings. The first kappa shape index (κ1) is 12.7. The molecule has 0 radical (unpaired) electrons. The van der Waals surface area contributed by atoms with Crippen LogP contribution in [0.5, 0.6) is 0 Å². The maximum absolute atomic E-state index is 11.4. The number of hydrogen-bond acceptors (Lipinski definition) is 4. The van der Waals surface area contributed by atoms with Crippen LogP contribution in [0.25, 0.3) is 4.96 Å². The molecular weight excluding hydrogens is 258 g/mol. The van der Waals surface area contributed by atoms with E-state index < -0.39 is 0 Å². The minimum Gasteiger partial charge on any atom is -0.352 e. The van der Waals surface area contributed by atoms with Gasteiger partial charge in [-0.2, -0.15) is 0 Å². The van der Waals surface area contributed by atoms with E-state index in [1.807, 2.05) is 16.0 Å². The van der Waals surface area contributed by atoms with Crippen LogP contribution in [-0.2, 0) is 0 Å². The molecule has 0 spiro atoms. The van der Waals surface area contributed by atoms with Crippen LogP contribution in [0.3, 0.4) is 0 Å². The standard InChI is InChI=1S/C14H19N3OS/c1-10(2)5-6-16(11-3-4-11)13-12(9-18)17-7-8-19-14(17)15-13/h7-11H,3-6H2,1-2H3. The fourth-order valence-corrected chi connectivity index (χ4v) is 3.07. The Bertz CT molecular complexity index is 583. The number of nitrogens with zero attached hydrogens (tertiary/aromatic N) is 3. The minimum absolute atomic E-state index is 0.585. The molecule has 4 nitrogen and oxygen atoms in total. The van der Waals surface area contributed by atoms with Gasteiger partial charge < -0.3 is 4.90 Å². The smallest absolute Gasteiger partial charge is 0.196 e. The summed E-state index contributed by atoms with van der Waals surface area (Å²) in [7, 11) is 0. The van der Waals surface area contributed by atoms with Gasteiger partial charge in [-0.05, 0) is 25.2 Å². The summed E-state index contributed by atoms with van der Waals surface area (Å²) in [4.78, 5) is 19.3. The summed E-state index contributed by atoms with van der Waals surface area (Å²) < 4.78 is 1.90. The Hall–Kier alpha value is -1.36. The first-order chi connectivity index (χ1) is 9.20. The van der Waals surface area contributed by atoms with E-state index in [2.05, 4.69) is 23.7 Å². The molecule has 5 heteroatoms. The van der Waals surface area contributed by atoms with Crippen molar-refractivity contribution in [3.63, 3.8) is 0 Å². The van der Waals surface area contributed by atoms with Crippen molar-refractivity contribution in [1.82, 2.24) is 9.38 Å². The van der Waals surface area contributed by atoms with Gasteiger partial charge in [-0.25, -0.2) is 4.98 Å². The number of thiazole rings is 1. The normalized spacial score (nSPS) is 15.3. The van der Waals surface area contributed by atoms with Crippen molar-refractivity contribution in [2.75, 3.05) is 11.4 Å². The minimum atomic E-state index is 0.585. The molecule has 1 saturated carbocycles. The van der Waals surface area contributed by atoms with Crippen molar-refractivity contribution in [2.24, 2.45) is 5.92 Å². The predicted molar refractivity (Wildman–Crippen MR) is 78.3 cm³/mol. The van der Waals surface area contributed by atoms with E-state index in [4.69, 9.17) is 0 Å². The number of aromatic nitrogens is 2. The number of hydrogen-bond donors (Lipinski definition) is 0. The zero-order valence-electron chi connectivity index (χ0n) is 11.4. The maximum Gasteiger partial charge on any atom is 0.196 e. The summed E-state index contributed by atoms with van der Waals surface area (Å²) in [5.41, 5.74) is 0.701. The van der Waals surface area contributed by atoms with Crippen LogP contribution in [0.2, 0.25) is 0 Å². The van der Waals surface area contributed by atoms with E-state index in [1.54, 1.807) is 11.3 Å². The highest BCUT2D eigenvalue weighted by atomic mass is 32.1. The topological polar surface area (TPSA) is 37.6 Å². The molecule has 2 aromatic heterocycles. The number of carbonyl (C=O) groups is 1. The highest BCUT2D eigenvalue weighted by molar-refractivity contribution is 7.15. The van der Waals surface area contributed by atoms with E-state index in [0.717, 1.165) is 30.0 Å². The van der Waals surface area contributed by atoms with Crippen LogP contribution < -0.4 is 4.90 Å². The monoisotopic (exact) mass is 277 g/mol. The van der Waals surface area contributed by atoms with Crippen LogP contribution in [0, 0.1) is 5.92 Å². The lowest BCUT2D eigenvalue weighted by molar-refractivity contribution is 0.111.